The number of rotatable bonds is 9. The van der Waals surface area contributed by atoms with Gasteiger partial charge >= 0.3 is 0 Å². The minimum absolute atomic E-state index is 0.00580. The lowest BCUT2D eigenvalue weighted by Crippen LogP contribution is -2.63. The summed E-state index contributed by atoms with van der Waals surface area (Å²) in [6, 6.07) is 19.9. The SMILES string of the molecule is COC1[C@H]([C@@H](CO)OCc2ccccc2)OC2COC(c3ccccc3)O[C@@H]2[C@@H]1n1cc(-c2cc(F)c(F)c(F)c2)nn1. The van der Waals surface area contributed by atoms with Crippen molar-refractivity contribution in [3.8, 4) is 11.3 Å². The first kappa shape index (κ1) is 29.4. The molecule has 2 aliphatic heterocycles. The van der Waals surface area contributed by atoms with Crippen molar-refractivity contribution in [1.82, 2.24) is 15.0 Å². The van der Waals surface area contributed by atoms with Crippen LogP contribution in [0.4, 0.5) is 13.2 Å². The Morgan fingerprint density at radius 1 is 1.00 bits per heavy atom. The van der Waals surface area contributed by atoms with Crippen molar-refractivity contribution in [3.63, 3.8) is 0 Å². The van der Waals surface area contributed by atoms with Crippen LogP contribution < -0.4 is 0 Å². The van der Waals surface area contributed by atoms with Crippen LogP contribution in [0.5, 0.6) is 0 Å². The molecule has 6 rings (SSSR count). The van der Waals surface area contributed by atoms with Crippen LogP contribution in [0.15, 0.2) is 79.0 Å². The number of benzene rings is 3. The number of halogens is 3. The number of nitrogens with zero attached hydrogens (tertiary/aromatic N) is 3. The topological polar surface area (TPSA) is 97.1 Å². The highest BCUT2D eigenvalue weighted by atomic mass is 19.2. The molecule has 1 aromatic heterocycles. The van der Waals surface area contributed by atoms with Crippen molar-refractivity contribution in [3.05, 3.63) is 108 Å². The van der Waals surface area contributed by atoms with Gasteiger partial charge < -0.3 is 28.8 Å². The number of aliphatic hydroxyl groups excluding tert-OH is 1. The van der Waals surface area contributed by atoms with E-state index in [1.165, 1.54) is 18.0 Å². The van der Waals surface area contributed by atoms with E-state index in [1.807, 2.05) is 60.7 Å². The third-order valence-corrected chi connectivity index (χ3v) is 7.68. The molecule has 0 saturated carbocycles. The van der Waals surface area contributed by atoms with E-state index in [9.17, 15) is 18.3 Å². The zero-order valence-electron chi connectivity index (χ0n) is 23.1. The summed E-state index contributed by atoms with van der Waals surface area (Å²) in [5.74, 6) is -4.26. The summed E-state index contributed by atoms with van der Waals surface area (Å²) in [5, 5.41) is 18.8. The van der Waals surface area contributed by atoms with E-state index in [1.54, 1.807) is 0 Å². The first-order chi connectivity index (χ1) is 21.0. The third-order valence-electron chi connectivity index (χ3n) is 7.68. The molecule has 4 aromatic rings. The second kappa shape index (κ2) is 12.9. The fourth-order valence-electron chi connectivity index (χ4n) is 5.57. The van der Waals surface area contributed by atoms with E-state index in [4.69, 9.17) is 23.7 Å². The van der Waals surface area contributed by atoms with Gasteiger partial charge in [-0.3, -0.25) is 0 Å². The maximum absolute atomic E-state index is 14.0. The number of ether oxygens (including phenoxy) is 5. The molecule has 0 amide bonds. The summed E-state index contributed by atoms with van der Waals surface area (Å²) in [6.07, 6.45) is -2.90. The van der Waals surface area contributed by atoms with Gasteiger partial charge in [0.05, 0.1) is 26.0 Å². The molecule has 43 heavy (non-hydrogen) atoms. The number of aliphatic hydroxyl groups is 1. The molecule has 0 bridgehead atoms. The predicted molar refractivity (Wildman–Crippen MR) is 146 cm³/mol. The van der Waals surface area contributed by atoms with Crippen molar-refractivity contribution in [1.29, 1.82) is 0 Å². The van der Waals surface area contributed by atoms with Crippen LogP contribution in [0.2, 0.25) is 0 Å². The van der Waals surface area contributed by atoms with Crippen molar-refractivity contribution in [2.75, 3.05) is 20.3 Å². The summed E-state index contributed by atoms with van der Waals surface area (Å²) < 4.78 is 74.2. The average Bonchev–Trinajstić information content (AvgIpc) is 3.53. The lowest BCUT2D eigenvalue weighted by molar-refractivity contribution is -0.329. The maximum Gasteiger partial charge on any atom is 0.194 e. The van der Waals surface area contributed by atoms with Gasteiger partial charge in [-0.2, -0.15) is 0 Å². The van der Waals surface area contributed by atoms with Crippen molar-refractivity contribution in [2.45, 2.75) is 49.5 Å². The van der Waals surface area contributed by atoms with Crippen LogP contribution >= 0.6 is 0 Å². The Hall–Kier alpha value is -3.65. The van der Waals surface area contributed by atoms with Gasteiger partial charge in [0, 0.05) is 18.2 Å². The molecule has 0 radical (unpaired) electrons. The molecule has 0 spiro atoms. The lowest BCUT2D eigenvalue weighted by atomic mass is 9.89. The molecule has 2 aliphatic rings. The first-order valence-electron chi connectivity index (χ1n) is 13.8. The second-order valence-electron chi connectivity index (χ2n) is 10.4. The van der Waals surface area contributed by atoms with Crippen LogP contribution in [0, 0.1) is 17.5 Å². The standard InChI is InChI=1S/C31H30F3N3O6/c1-39-30-27(37-14-23(35-36-37)20-12-21(32)26(34)22(33)13-20)28-25(17-41-31(43-28)19-10-6-3-7-11-19)42-29(30)24(15-38)40-16-18-8-4-2-5-9-18/h2-14,24-25,27-31,38H,15-17H2,1H3/t24-,25?,27+,28+,29+,30?,31?/m1/s1. The molecule has 3 aromatic carbocycles. The molecule has 1 N–H and O–H groups in total. The number of hydrogen-bond acceptors (Lipinski definition) is 8. The molecule has 7 atom stereocenters. The number of methoxy groups -OCH3 is 1. The zero-order chi connectivity index (χ0) is 29.9. The van der Waals surface area contributed by atoms with Gasteiger partial charge in [-0.05, 0) is 17.7 Å². The zero-order valence-corrected chi connectivity index (χ0v) is 23.1. The highest BCUT2D eigenvalue weighted by Crippen LogP contribution is 2.41. The van der Waals surface area contributed by atoms with Gasteiger partial charge in [0.2, 0.25) is 0 Å². The predicted octanol–water partition coefficient (Wildman–Crippen LogP) is 4.38. The second-order valence-corrected chi connectivity index (χ2v) is 10.4. The summed E-state index contributed by atoms with van der Waals surface area (Å²) in [5.41, 5.74) is 1.82. The summed E-state index contributed by atoms with van der Waals surface area (Å²) in [6.45, 7) is 0.00632. The quantitative estimate of drug-likeness (QED) is 0.284. The molecule has 2 saturated heterocycles. The van der Waals surface area contributed by atoms with Crippen LogP contribution in [-0.4, -0.2) is 70.9 Å². The van der Waals surface area contributed by atoms with E-state index in [0.717, 1.165) is 23.3 Å². The normalized spacial score (nSPS) is 26.2. The van der Waals surface area contributed by atoms with Crippen molar-refractivity contribution < 1.29 is 42.0 Å². The molecular formula is C31H30F3N3O6. The van der Waals surface area contributed by atoms with E-state index in [-0.39, 0.29) is 31.1 Å². The highest BCUT2D eigenvalue weighted by molar-refractivity contribution is 5.58. The Balaban J connectivity index is 1.34. The Kier molecular flexibility index (Phi) is 8.84. The average molecular weight is 598 g/mol. The highest BCUT2D eigenvalue weighted by Gasteiger charge is 2.53. The van der Waals surface area contributed by atoms with Crippen LogP contribution in [0.3, 0.4) is 0 Å². The minimum atomic E-state index is -1.57. The minimum Gasteiger partial charge on any atom is -0.394 e. The number of hydrogen-bond donors (Lipinski definition) is 1. The molecule has 0 aliphatic carbocycles. The number of aromatic nitrogens is 3. The molecule has 12 heteroatoms. The van der Waals surface area contributed by atoms with Crippen molar-refractivity contribution >= 4 is 0 Å². The Labute approximate surface area is 245 Å². The van der Waals surface area contributed by atoms with E-state index in [2.05, 4.69) is 10.3 Å². The van der Waals surface area contributed by atoms with Crippen LogP contribution in [0.1, 0.15) is 23.5 Å². The first-order valence-corrected chi connectivity index (χ1v) is 13.8. The van der Waals surface area contributed by atoms with E-state index < -0.39 is 60.3 Å². The van der Waals surface area contributed by atoms with E-state index >= 15 is 0 Å². The van der Waals surface area contributed by atoms with Crippen LogP contribution in [-0.2, 0) is 30.3 Å². The van der Waals surface area contributed by atoms with Gasteiger partial charge in [0.15, 0.2) is 23.7 Å². The summed E-state index contributed by atoms with van der Waals surface area (Å²) in [7, 11) is 1.50. The smallest absolute Gasteiger partial charge is 0.194 e. The Bertz CT molecular complexity index is 1490. The van der Waals surface area contributed by atoms with Gasteiger partial charge in [-0.25, -0.2) is 17.9 Å². The third kappa shape index (κ3) is 6.07. The largest absolute Gasteiger partial charge is 0.394 e. The maximum atomic E-state index is 14.0. The molecule has 2 fully saturated rings. The summed E-state index contributed by atoms with van der Waals surface area (Å²) >= 11 is 0. The Morgan fingerprint density at radius 2 is 1.70 bits per heavy atom. The molecule has 226 valence electrons. The van der Waals surface area contributed by atoms with Crippen molar-refractivity contribution in [2.24, 2.45) is 0 Å². The number of fused-ring (bicyclic) bond motifs is 1. The molecule has 3 heterocycles. The van der Waals surface area contributed by atoms with Gasteiger partial charge in [0.25, 0.3) is 0 Å². The molecular weight excluding hydrogens is 567 g/mol. The Morgan fingerprint density at radius 3 is 2.37 bits per heavy atom. The monoisotopic (exact) mass is 597 g/mol. The molecule has 9 nitrogen and oxygen atoms in total. The van der Waals surface area contributed by atoms with E-state index in [0.29, 0.717) is 0 Å². The van der Waals surface area contributed by atoms with Gasteiger partial charge in [0.1, 0.15) is 42.3 Å². The van der Waals surface area contributed by atoms with Gasteiger partial charge in [-0.1, -0.05) is 65.9 Å². The fraction of sp³-hybridized carbons (Fsp3) is 0.355. The van der Waals surface area contributed by atoms with Crippen LogP contribution in [0.25, 0.3) is 11.3 Å². The molecule has 3 unspecified atom stereocenters. The van der Waals surface area contributed by atoms with Gasteiger partial charge in [-0.15, -0.1) is 5.10 Å². The fourth-order valence-corrected chi connectivity index (χ4v) is 5.57. The lowest BCUT2D eigenvalue weighted by Gasteiger charge is -2.50. The summed E-state index contributed by atoms with van der Waals surface area (Å²) in [4.78, 5) is 0.